The largest absolute Gasteiger partial charge is 0.472 e. The van der Waals surface area contributed by atoms with Gasteiger partial charge >= 0.3 is 0 Å². The number of halogens is 2. The first kappa shape index (κ1) is 22.0. The molecule has 6 nitrogen and oxygen atoms in total. The van der Waals surface area contributed by atoms with Crippen molar-refractivity contribution < 1.29 is 4.74 Å². The molecule has 0 fully saturated rings. The van der Waals surface area contributed by atoms with E-state index in [2.05, 4.69) is 15.0 Å². The zero-order chi connectivity index (χ0) is 22.8. The van der Waals surface area contributed by atoms with Gasteiger partial charge in [0.15, 0.2) is 5.02 Å². The van der Waals surface area contributed by atoms with E-state index in [9.17, 15) is 4.79 Å². The van der Waals surface area contributed by atoms with Crippen molar-refractivity contribution >= 4 is 23.2 Å². The van der Waals surface area contributed by atoms with Crippen molar-refractivity contribution in [1.82, 2.24) is 19.5 Å². The van der Waals surface area contributed by atoms with Crippen LogP contribution >= 0.6 is 23.2 Å². The van der Waals surface area contributed by atoms with Gasteiger partial charge in [0, 0.05) is 11.8 Å². The molecule has 2 heterocycles. The van der Waals surface area contributed by atoms with Crippen molar-refractivity contribution in [2.75, 3.05) is 0 Å². The molecule has 2 aromatic carbocycles. The minimum absolute atomic E-state index is 0.0887. The molecule has 4 rings (SSSR count). The molecule has 0 saturated heterocycles. The molecular formula is C24H20Cl2N4O2. The van der Waals surface area contributed by atoms with Gasteiger partial charge in [0.25, 0.3) is 5.56 Å². The molecule has 0 aliphatic heterocycles. The summed E-state index contributed by atoms with van der Waals surface area (Å²) in [6.07, 6.45) is 3.21. The fourth-order valence-corrected chi connectivity index (χ4v) is 3.83. The summed E-state index contributed by atoms with van der Waals surface area (Å²) in [7, 11) is 0. The van der Waals surface area contributed by atoms with Crippen molar-refractivity contribution in [3.8, 4) is 22.8 Å². The van der Waals surface area contributed by atoms with Gasteiger partial charge < -0.3 is 4.74 Å². The predicted octanol–water partition coefficient (Wildman–Crippen LogP) is 5.50. The minimum Gasteiger partial charge on any atom is -0.472 e. The summed E-state index contributed by atoms with van der Waals surface area (Å²) in [5, 5.41) is 0.278. The Morgan fingerprint density at radius 2 is 1.88 bits per heavy atom. The van der Waals surface area contributed by atoms with Crippen LogP contribution in [0.3, 0.4) is 0 Å². The summed E-state index contributed by atoms with van der Waals surface area (Å²) in [6.45, 7) is 5.87. The molecule has 2 aromatic heterocycles. The van der Waals surface area contributed by atoms with Crippen LogP contribution in [0.2, 0.25) is 10.0 Å². The highest BCUT2D eigenvalue weighted by Gasteiger charge is 2.18. The summed E-state index contributed by atoms with van der Waals surface area (Å²) < 4.78 is 7.14. The molecule has 0 unspecified atom stereocenters. The van der Waals surface area contributed by atoms with Gasteiger partial charge in [-0.15, -0.1) is 0 Å². The first-order chi connectivity index (χ1) is 15.3. The number of hydrogen-bond acceptors (Lipinski definition) is 5. The molecule has 0 aliphatic rings. The van der Waals surface area contributed by atoms with E-state index >= 15 is 0 Å². The Labute approximate surface area is 195 Å². The lowest BCUT2D eigenvalue weighted by atomic mass is 10.1. The second-order valence-corrected chi connectivity index (χ2v) is 8.20. The molecular weight excluding hydrogens is 447 g/mol. The van der Waals surface area contributed by atoms with Crippen LogP contribution in [0, 0.1) is 20.8 Å². The fourth-order valence-electron chi connectivity index (χ4n) is 3.45. The van der Waals surface area contributed by atoms with Crippen LogP contribution in [0.5, 0.6) is 5.88 Å². The van der Waals surface area contributed by atoms with Gasteiger partial charge in [-0.2, -0.15) is 4.98 Å². The summed E-state index contributed by atoms with van der Waals surface area (Å²) in [5.41, 5.74) is 4.53. The Bertz CT molecular complexity index is 1370. The number of ether oxygens (including phenoxy) is 1. The van der Waals surface area contributed by atoms with E-state index in [0.29, 0.717) is 16.5 Å². The number of hydrogen-bond donors (Lipinski definition) is 0. The van der Waals surface area contributed by atoms with Gasteiger partial charge in [0.05, 0.1) is 16.4 Å². The number of benzene rings is 2. The van der Waals surface area contributed by atoms with E-state index in [0.717, 1.165) is 27.9 Å². The third-order valence-electron chi connectivity index (χ3n) is 4.98. The SMILES string of the molecule is Cc1cccc(COc2nc(C)n(-c3cc(-c4ncncc4C)ccc3Cl)c(=O)c2Cl)c1. The highest BCUT2D eigenvalue weighted by Crippen LogP contribution is 2.29. The fraction of sp³-hybridized carbons (Fsp3) is 0.167. The molecule has 0 saturated carbocycles. The maximum atomic E-state index is 13.2. The molecule has 0 spiro atoms. The van der Waals surface area contributed by atoms with Crippen molar-refractivity contribution in [1.29, 1.82) is 0 Å². The van der Waals surface area contributed by atoms with Crippen LogP contribution in [0.15, 0.2) is 59.8 Å². The Morgan fingerprint density at radius 3 is 2.62 bits per heavy atom. The third-order valence-corrected chi connectivity index (χ3v) is 5.62. The maximum Gasteiger partial charge on any atom is 0.280 e. The molecule has 32 heavy (non-hydrogen) atoms. The van der Waals surface area contributed by atoms with Gasteiger partial charge in [-0.25, -0.2) is 9.97 Å². The van der Waals surface area contributed by atoms with Crippen molar-refractivity contribution in [3.05, 3.63) is 97.9 Å². The lowest BCUT2D eigenvalue weighted by Gasteiger charge is -2.15. The summed E-state index contributed by atoms with van der Waals surface area (Å²) in [4.78, 5) is 26.0. The molecule has 0 aliphatic carbocycles. The number of aromatic nitrogens is 4. The molecule has 8 heteroatoms. The van der Waals surface area contributed by atoms with Crippen LogP contribution in [0.25, 0.3) is 16.9 Å². The van der Waals surface area contributed by atoms with Gasteiger partial charge in [-0.05, 0) is 44.0 Å². The summed E-state index contributed by atoms with van der Waals surface area (Å²) in [5.74, 6) is 0.489. The Hall–Kier alpha value is -3.22. The molecule has 0 amide bonds. The summed E-state index contributed by atoms with van der Waals surface area (Å²) in [6, 6.07) is 13.2. The van der Waals surface area contributed by atoms with Crippen LogP contribution < -0.4 is 10.3 Å². The van der Waals surface area contributed by atoms with Crippen molar-refractivity contribution in [3.63, 3.8) is 0 Å². The lowest BCUT2D eigenvalue weighted by Crippen LogP contribution is -2.24. The lowest BCUT2D eigenvalue weighted by molar-refractivity contribution is 0.291. The number of nitrogens with zero attached hydrogens (tertiary/aromatic N) is 4. The van der Waals surface area contributed by atoms with E-state index in [1.54, 1.807) is 25.3 Å². The van der Waals surface area contributed by atoms with Crippen LogP contribution in [0.4, 0.5) is 0 Å². The van der Waals surface area contributed by atoms with Crippen molar-refractivity contribution in [2.24, 2.45) is 0 Å². The van der Waals surface area contributed by atoms with E-state index in [1.807, 2.05) is 44.2 Å². The third kappa shape index (κ3) is 4.38. The monoisotopic (exact) mass is 466 g/mol. The first-order valence-corrected chi connectivity index (χ1v) is 10.6. The van der Waals surface area contributed by atoms with E-state index in [-0.39, 0.29) is 17.5 Å². The topological polar surface area (TPSA) is 69.9 Å². The van der Waals surface area contributed by atoms with Gasteiger partial charge in [-0.3, -0.25) is 9.36 Å². The zero-order valence-corrected chi connectivity index (χ0v) is 19.3. The zero-order valence-electron chi connectivity index (χ0n) is 17.8. The highest BCUT2D eigenvalue weighted by atomic mass is 35.5. The second-order valence-electron chi connectivity index (χ2n) is 7.42. The normalized spacial score (nSPS) is 10.9. The number of rotatable bonds is 5. The van der Waals surface area contributed by atoms with E-state index in [1.165, 1.54) is 10.9 Å². The van der Waals surface area contributed by atoms with Crippen LogP contribution in [-0.2, 0) is 6.61 Å². The molecule has 0 atom stereocenters. The van der Waals surface area contributed by atoms with Gasteiger partial charge in [0.2, 0.25) is 5.88 Å². The minimum atomic E-state index is -0.461. The Balaban J connectivity index is 1.74. The smallest absolute Gasteiger partial charge is 0.280 e. The van der Waals surface area contributed by atoms with Gasteiger partial charge in [0.1, 0.15) is 18.8 Å². The van der Waals surface area contributed by atoms with Gasteiger partial charge in [-0.1, -0.05) is 59.1 Å². The molecule has 4 aromatic rings. The molecule has 0 bridgehead atoms. The molecule has 0 radical (unpaired) electrons. The van der Waals surface area contributed by atoms with Crippen molar-refractivity contribution in [2.45, 2.75) is 27.4 Å². The Morgan fingerprint density at radius 1 is 1.06 bits per heavy atom. The highest BCUT2D eigenvalue weighted by molar-refractivity contribution is 6.33. The molecule has 0 N–H and O–H groups in total. The van der Waals surface area contributed by atoms with E-state index in [4.69, 9.17) is 27.9 Å². The quantitative estimate of drug-likeness (QED) is 0.388. The predicted molar refractivity (Wildman–Crippen MR) is 126 cm³/mol. The second kappa shape index (κ2) is 9.10. The van der Waals surface area contributed by atoms with Crippen LogP contribution in [0.1, 0.15) is 22.5 Å². The average molecular weight is 467 g/mol. The van der Waals surface area contributed by atoms with Crippen LogP contribution in [-0.4, -0.2) is 19.5 Å². The molecule has 162 valence electrons. The van der Waals surface area contributed by atoms with E-state index < -0.39 is 5.56 Å². The Kier molecular flexibility index (Phi) is 6.26. The first-order valence-electron chi connectivity index (χ1n) is 9.89. The standard InChI is InChI=1S/C24H20Cl2N4O2/c1-14-5-4-6-17(9-14)12-32-23-21(26)24(31)30(16(3)29-23)20-10-18(7-8-19(20)25)22-15(2)11-27-13-28-22/h4-11,13H,12H2,1-3H3. The average Bonchev–Trinajstić information content (AvgIpc) is 2.77. The summed E-state index contributed by atoms with van der Waals surface area (Å²) >= 11 is 12.8. The number of aryl methyl sites for hydroxylation is 3. The maximum absolute atomic E-state index is 13.2.